The Labute approximate surface area is 107 Å². The Morgan fingerprint density at radius 1 is 1.50 bits per heavy atom. The molecule has 5 heteroatoms. The highest BCUT2D eigenvalue weighted by molar-refractivity contribution is 5.86. The normalized spacial score (nSPS) is 27.0. The number of carbonyl (C=O) groups excluding carboxylic acids is 1. The maximum atomic E-state index is 11.7. The van der Waals surface area contributed by atoms with Crippen molar-refractivity contribution < 1.29 is 14.7 Å². The van der Waals surface area contributed by atoms with Gasteiger partial charge in [-0.3, -0.25) is 0 Å². The summed E-state index contributed by atoms with van der Waals surface area (Å²) in [7, 11) is 0. The fraction of sp³-hybridized carbons (Fsp3) is 0.692. The first-order chi connectivity index (χ1) is 8.53. The number of aliphatic carboxylic acids is 1. The van der Waals surface area contributed by atoms with Gasteiger partial charge in [0.2, 0.25) is 0 Å². The minimum absolute atomic E-state index is 0.0675. The van der Waals surface area contributed by atoms with Gasteiger partial charge < -0.3 is 15.7 Å². The van der Waals surface area contributed by atoms with Gasteiger partial charge in [0.1, 0.15) is 5.54 Å². The molecule has 0 heterocycles. The lowest BCUT2D eigenvalue weighted by Gasteiger charge is -2.39. The predicted molar refractivity (Wildman–Crippen MR) is 68.0 cm³/mol. The van der Waals surface area contributed by atoms with Crippen molar-refractivity contribution in [3.05, 3.63) is 0 Å². The summed E-state index contributed by atoms with van der Waals surface area (Å²) >= 11 is 0. The molecule has 1 rings (SSSR count). The Hall–Kier alpha value is -1.70. The van der Waals surface area contributed by atoms with E-state index in [1.165, 1.54) is 0 Å². The van der Waals surface area contributed by atoms with Crippen LogP contribution in [0.2, 0.25) is 0 Å². The van der Waals surface area contributed by atoms with Crippen molar-refractivity contribution in [1.82, 2.24) is 10.6 Å². The summed E-state index contributed by atoms with van der Waals surface area (Å²) < 4.78 is 0. The number of hydrogen-bond donors (Lipinski definition) is 3. The van der Waals surface area contributed by atoms with Crippen molar-refractivity contribution in [2.24, 2.45) is 5.92 Å². The number of hydrogen-bond acceptors (Lipinski definition) is 2. The van der Waals surface area contributed by atoms with E-state index in [1.54, 1.807) is 0 Å². The van der Waals surface area contributed by atoms with E-state index in [0.717, 1.165) is 19.3 Å². The molecule has 0 aromatic rings. The summed E-state index contributed by atoms with van der Waals surface area (Å²) in [6.07, 6.45) is 8.64. The first kappa shape index (κ1) is 14.4. The summed E-state index contributed by atoms with van der Waals surface area (Å²) in [6, 6.07) is -0.457. The van der Waals surface area contributed by atoms with Gasteiger partial charge in [0, 0.05) is 13.0 Å². The van der Waals surface area contributed by atoms with Crippen LogP contribution in [0.15, 0.2) is 0 Å². The molecular formula is C13H20N2O3. The van der Waals surface area contributed by atoms with Gasteiger partial charge in [-0.25, -0.2) is 9.59 Å². The van der Waals surface area contributed by atoms with Crippen LogP contribution >= 0.6 is 0 Å². The van der Waals surface area contributed by atoms with Gasteiger partial charge >= 0.3 is 12.0 Å². The third kappa shape index (κ3) is 3.16. The lowest BCUT2D eigenvalue weighted by Crippen LogP contribution is -2.61. The Morgan fingerprint density at radius 2 is 2.22 bits per heavy atom. The van der Waals surface area contributed by atoms with Crippen LogP contribution in [0.5, 0.6) is 0 Å². The number of nitrogens with one attached hydrogen (secondary N) is 2. The SMILES string of the molecule is C#CCCNC(=O)NC1(C(=O)O)CCCCC1C. The molecule has 0 spiro atoms. The molecule has 100 valence electrons. The Kier molecular flexibility index (Phi) is 5.02. The summed E-state index contributed by atoms with van der Waals surface area (Å²) in [5.74, 6) is 1.38. The van der Waals surface area contributed by atoms with Crippen molar-refractivity contribution >= 4 is 12.0 Å². The Balaban J connectivity index is 2.65. The van der Waals surface area contributed by atoms with Gasteiger partial charge in [-0.15, -0.1) is 12.3 Å². The smallest absolute Gasteiger partial charge is 0.329 e. The molecule has 2 unspecified atom stereocenters. The van der Waals surface area contributed by atoms with E-state index in [-0.39, 0.29) is 5.92 Å². The molecule has 0 aromatic carbocycles. The third-order valence-electron chi connectivity index (χ3n) is 3.57. The third-order valence-corrected chi connectivity index (χ3v) is 3.57. The van der Waals surface area contributed by atoms with E-state index >= 15 is 0 Å². The van der Waals surface area contributed by atoms with E-state index in [1.807, 2.05) is 6.92 Å². The molecular weight excluding hydrogens is 232 g/mol. The maximum Gasteiger partial charge on any atom is 0.329 e. The number of terminal acetylenes is 1. The van der Waals surface area contributed by atoms with Gasteiger partial charge in [-0.05, 0) is 18.8 Å². The zero-order valence-electron chi connectivity index (χ0n) is 10.7. The average molecular weight is 252 g/mol. The molecule has 1 fully saturated rings. The molecule has 0 saturated heterocycles. The zero-order valence-corrected chi connectivity index (χ0v) is 10.7. The van der Waals surface area contributed by atoms with Crippen molar-refractivity contribution in [2.45, 2.75) is 44.6 Å². The standard InChI is InChI=1S/C13H20N2O3/c1-3-4-9-14-12(18)15-13(11(16)17)8-6-5-7-10(13)2/h1,10H,4-9H2,2H3,(H,16,17)(H2,14,15,18). The highest BCUT2D eigenvalue weighted by Crippen LogP contribution is 2.33. The molecule has 2 amide bonds. The molecule has 3 N–H and O–H groups in total. The minimum Gasteiger partial charge on any atom is -0.479 e. The van der Waals surface area contributed by atoms with Crippen LogP contribution in [0, 0.1) is 18.3 Å². The summed E-state index contributed by atoms with van der Waals surface area (Å²) in [5, 5.41) is 14.6. The topological polar surface area (TPSA) is 78.4 Å². The highest BCUT2D eigenvalue weighted by Gasteiger charge is 2.46. The number of rotatable bonds is 4. The van der Waals surface area contributed by atoms with E-state index in [0.29, 0.717) is 19.4 Å². The number of carbonyl (C=O) groups is 2. The van der Waals surface area contributed by atoms with Crippen molar-refractivity contribution in [3.8, 4) is 12.3 Å². The first-order valence-electron chi connectivity index (χ1n) is 6.26. The molecule has 1 saturated carbocycles. The molecule has 2 atom stereocenters. The average Bonchev–Trinajstić information content (AvgIpc) is 2.32. The fourth-order valence-corrected chi connectivity index (χ4v) is 2.40. The number of carboxylic acid groups (broad SMARTS) is 1. The van der Waals surface area contributed by atoms with Crippen molar-refractivity contribution in [2.75, 3.05) is 6.54 Å². The molecule has 0 aromatic heterocycles. The van der Waals surface area contributed by atoms with Gasteiger partial charge in [-0.1, -0.05) is 19.8 Å². The van der Waals surface area contributed by atoms with Crippen LogP contribution < -0.4 is 10.6 Å². The second-order valence-electron chi connectivity index (χ2n) is 4.76. The van der Waals surface area contributed by atoms with Gasteiger partial charge in [0.15, 0.2) is 0 Å². The number of amides is 2. The number of urea groups is 1. The lowest BCUT2D eigenvalue weighted by molar-refractivity contribution is -0.148. The Morgan fingerprint density at radius 3 is 2.78 bits per heavy atom. The lowest BCUT2D eigenvalue weighted by atomic mass is 9.73. The fourth-order valence-electron chi connectivity index (χ4n) is 2.40. The van der Waals surface area contributed by atoms with Crippen LogP contribution in [0.3, 0.4) is 0 Å². The van der Waals surface area contributed by atoms with Crippen LogP contribution in [0.25, 0.3) is 0 Å². The Bertz CT molecular complexity index is 362. The molecule has 0 radical (unpaired) electrons. The van der Waals surface area contributed by atoms with E-state index in [9.17, 15) is 14.7 Å². The molecule has 18 heavy (non-hydrogen) atoms. The summed E-state index contributed by atoms with van der Waals surface area (Å²) in [6.45, 7) is 2.22. The second kappa shape index (κ2) is 6.29. The predicted octanol–water partition coefficient (Wildman–Crippen LogP) is 1.34. The van der Waals surface area contributed by atoms with Crippen molar-refractivity contribution in [1.29, 1.82) is 0 Å². The molecule has 0 bridgehead atoms. The minimum atomic E-state index is -1.14. The maximum absolute atomic E-state index is 11.7. The summed E-state index contributed by atoms with van der Waals surface area (Å²) in [5.41, 5.74) is -1.14. The van der Waals surface area contributed by atoms with Gasteiger partial charge in [0.05, 0.1) is 0 Å². The van der Waals surface area contributed by atoms with E-state index in [4.69, 9.17) is 6.42 Å². The largest absolute Gasteiger partial charge is 0.479 e. The van der Waals surface area contributed by atoms with Gasteiger partial charge in [-0.2, -0.15) is 0 Å². The molecule has 1 aliphatic rings. The molecule has 1 aliphatic carbocycles. The van der Waals surface area contributed by atoms with Gasteiger partial charge in [0.25, 0.3) is 0 Å². The van der Waals surface area contributed by atoms with E-state index < -0.39 is 17.5 Å². The van der Waals surface area contributed by atoms with E-state index in [2.05, 4.69) is 16.6 Å². The van der Waals surface area contributed by atoms with Crippen LogP contribution in [0.1, 0.15) is 39.0 Å². The quantitative estimate of drug-likeness (QED) is 0.522. The zero-order chi connectivity index (χ0) is 13.6. The second-order valence-corrected chi connectivity index (χ2v) is 4.76. The number of carboxylic acids is 1. The van der Waals surface area contributed by atoms with Crippen molar-refractivity contribution in [3.63, 3.8) is 0 Å². The monoisotopic (exact) mass is 252 g/mol. The summed E-state index contributed by atoms with van der Waals surface area (Å²) in [4.78, 5) is 23.2. The molecule has 0 aliphatic heterocycles. The molecule has 5 nitrogen and oxygen atoms in total. The first-order valence-corrected chi connectivity index (χ1v) is 6.26. The van der Waals surface area contributed by atoms with Crippen LogP contribution in [-0.2, 0) is 4.79 Å². The van der Waals surface area contributed by atoms with Crippen LogP contribution in [0.4, 0.5) is 4.79 Å². The highest BCUT2D eigenvalue weighted by atomic mass is 16.4. The van der Waals surface area contributed by atoms with Crippen LogP contribution in [-0.4, -0.2) is 29.2 Å².